The first-order valence-electron chi connectivity index (χ1n) is 7.67. The second-order valence-corrected chi connectivity index (χ2v) is 6.87. The van der Waals surface area contributed by atoms with Crippen molar-refractivity contribution in [3.63, 3.8) is 0 Å². The van der Waals surface area contributed by atoms with E-state index in [-0.39, 0.29) is 5.91 Å². The minimum Gasteiger partial charge on any atom is -0.450 e. The summed E-state index contributed by atoms with van der Waals surface area (Å²) in [5, 5.41) is 0.823. The van der Waals surface area contributed by atoms with Gasteiger partial charge in [-0.15, -0.1) is 0 Å². The van der Waals surface area contributed by atoms with Gasteiger partial charge >= 0.3 is 0 Å². The summed E-state index contributed by atoms with van der Waals surface area (Å²) in [6.45, 7) is 5.77. The van der Waals surface area contributed by atoms with E-state index in [1.165, 1.54) is 11.8 Å². The fraction of sp³-hybridized carbons (Fsp3) is 0.500. The van der Waals surface area contributed by atoms with Gasteiger partial charge in [-0.25, -0.2) is 0 Å². The van der Waals surface area contributed by atoms with Gasteiger partial charge in [0.1, 0.15) is 5.76 Å². The summed E-state index contributed by atoms with van der Waals surface area (Å²) in [6, 6.07) is 3.66. The smallest absolute Gasteiger partial charge is 0.266 e. The van der Waals surface area contributed by atoms with Crippen LogP contribution in [-0.4, -0.2) is 29.1 Å². The molecule has 0 atom stereocenters. The predicted octanol–water partition coefficient (Wildman–Crippen LogP) is 4.91. The third-order valence-corrected chi connectivity index (χ3v) is 4.72. The van der Waals surface area contributed by atoms with Crippen LogP contribution in [0.15, 0.2) is 31.1 Å². The third kappa shape index (κ3) is 4.49. The maximum Gasteiger partial charge on any atom is 0.266 e. The maximum atomic E-state index is 12.6. The van der Waals surface area contributed by atoms with Crippen molar-refractivity contribution in [2.75, 3.05) is 13.1 Å². The largest absolute Gasteiger partial charge is 0.450 e. The number of nitrogens with zero attached hydrogens (tertiary/aromatic N) is 2. The van der Waals surface area contributed by atoms with Crippen molar-refractivity contribution in [2.24, 2.45) is 4.99 Å². The van der Waals surface area contributed by atoms with Crippen molar-refractivity contribution in [3.05, 3.63) is 27.5 Å². The van der Waals surface area contributed by atoms with Crippen LogP contribution in [0.1, 0.15) is 45.3 Å². The number of thioether (sulfide) groups is 1. The van der Waals surface area contributed by atoms with Crippen molar-refractivity contribution in [1.29, 1.82) is 0 Å². The molecule has 0 aromatic carbocycles. The predicted molar refractivity (Wildman–Crippen MR) is 95.8 cm³/mol. The summed E-state index contributed by atoms with van der Waals surface area (Å²) in [6.07, 6.45) is 5.98. The number of hydrogen-bond acceptors (Lipinski definition) is 4. The highest BCUT2D eigenvalue weighted by Gasteiger charge is 2.32. The van der Waals surface area contributed by atoms with E-state index in [9.17, 15) is 4.79 Å². The number of furan rings is 1. The van der Waals surface area contributed by atoms with Crippen LogP contribution in [0.25, 0.3) is 6.08 Å². The molecule has 2 rings (SSSR count). The summed E-state index contributed by atoms with van der Waals surface area (Å²) in [7, 11) is 0. The van der Waals surface area contributed by atoms with Gasteiger partial charge in [0.05, 0.1) is 4.91 Å². The fourth-order valence-electron chi connectivity index (χ4n) is 2.01. The zero-order valence-corrected chi connectivity index (χ0v) is 15.4. The number of unbranched alkanes of at least 4 members (excludes halogenated alkanes) is 2. The van der Waals surface area contributed by atoms with Crippen molar-refractivity contribution in [1.82, 2.24) is 4.90 Å². The monoisotopic (exact) mass is 384 g/mol. The third-order valence-electron chi connectivity index (χ3n) is 3.25. The molecule has 0 spiro atoms. The molecule has 0 bridgehead atoms. The summed E-state index contributed by atoms with van der Waals surface area (Å²) in [5.41, 5.74) is 0. The molecule has 1 aromatic heterocycles. The van der Waals surface area contributed by atoms with Gasteiger partial charge in [0.15, 0.2) is 9.84 Å². The molecule has 0 N–H and O–H groups in total. The Morgan fingerprint density at radius 2 is 2.09 bits per heavy atom. The van der Waals surface area contributed by atoms with E-state index in [1.54, 1.807) is 11.0 Å². The van der Waals surface area contributed by atoms with Crippen molar-refractivity contribution in [2.45, 2.75) is 39.5 Å². The quantitative estimate of drug-likeness (QED) is 0.495. The Bertz CT molecular complexity index is 580. The minimum atomic E-state index is 0.0289. The van der Waals surface area contributed by atoms with E-state index in [2.05, 4.69) is 34.8 Å². The highest BCUT2D eigenvalue weighted by molar-refractivity contribution is 9.10. The number of hydrogen-bond donors (Lipinski definition) is 0. The highest BCUT2D eigenvalue weighted by atomic mass is 79.9. The zero-order chi connectivity index (χ0) is 15.9. The Morgan fingerprint density at radius 3 is 2.73 bits per heavy atom. The lowest BCUT2D eigenvalue weighted by Crippen LogP contribution is -2.30. The summed E-state index contributed by atoms with van der Waals surface area (Å²) in [5.74, 6) is 0.703. The van der Waals surface area contributed by atoms with E-state index in [4.69, 9.17) is 4.42 Å². The zero-order valence-electron chi connectivity index (χ0n) is 13.0. The SMILES string of the molecule is CCCCN=C1SC(=Cc2ccc(Br)o2)C(=O)N1CCCC. The molecule has 1 aliphatic heterocycles. The first-order chi connectivity index (χ1) is 10.7. The van der Waals surface area contributed by atoms with Crippen LogP contribution < -0.4 is 0 Å². The fourth-order valence-corrected chi connectivity index (χ4v) is 3.34. The second kappa shape index (κ2) is 8.58. The molecule has 0 aliphatic carbocycles. The summed E-state index contributed by atoms with van der Waals surface area (Å²) in [4.78, 5) is 19.6. The summed E-state index contributed by atoms with van der Waals surface area (Å²) < 4.78 is 6.12. The topological polar surface area (TPSA) is 45.8 Å². The number of carbonyl (C=O) groups is 1. The summed E-state index contributed by atoms with van der Waals surface area (Å²) >= 11 is 4.72. The molecule has 6 heteroatoms. The van der Waals surface area contributed by atoms with Crippen LogP contribution in [0.2, 0.25) is 0 Å². The van der Waals surface area contributed by atoms with Gasteiger partial charge in [0.2, 0.25) is 0 Å². The Hall–Kier alpha value is -1.01. The number of aliphatic imine (C=N–C) groups is 1. The number of carbonyl (C=O) groups excluding carboxylic acids is 1. The lowest BCUT2D eigenvalue weighted by molar-refractivity contribution is -0.122. The van der Waals surface area contributed by atoms with Gasteiger partial charge in [-0.1, -0.05) is 26.7 Å². The van der Waals surface area contributed by atoms with Crippen LogP contribution in [0.4, 0.5) is 0 Å². The first-order valence-corrected chi connectivity index (χ1v) is 9.27. The van der Waals surface area contributed by atoms with Crippen molar-refractivity contribution in [3.8, 4) is 0 Å². The molecule has 120 valence electrons. The highest BCUT2D eigenvalue weighted by Crippen LogP contribution is 2.33. The van der Waals surface area contributed by atoms with E-state index in [0.717, 1.165) is 43.9 Å². The maximum absolute atomic E-state index is 12.6. The molecule has 1 saturated heterocycles. The van der Waals surface area contributed by atoms with Crippen LogP contribution in [-0.2, 0) is 4.79 Å². The molecular weight excluding hydrogens is 364 g/mol. The van der Waals surface area contributed by atoms with E-state index >= 15 is 0 Å². The van der Waals surface area contributed by atoms with Gasteiger partial charge < -0.3 is 4.42 Å². The van der Waals surface area contributed by atoms with Gasteiger partial charge in [-0.3, -0.25) is 14.7 Å². The van der Waals surface area contributed by atoms with Crippen LogP contribution in [0.5, 0.6) is 0 Å². The Kier molecular flexibility index (Phi) is 6.76. The molecule has 0 saturated carbocycles. The number of rotatable bonds is 7. The van der Waals surface area contributed by atoms with Crippen LogP contribution in [0, 0.1) is 0 Å². The molecule has 1 aliphatic rings. The molecule has 1 amide bonds. The average molecular weight is 385 g/mol. The molecular formula is C16H21BrN2O2S. The molecule has 2 heterocycles. The van der Waals surface area contributed by atoms with Crippen molar-refractivity contribution >= 4 is 44.8 Å². The molecule has 1 aromatic rings. The average Bonchev–Trinajstić information content (AvgIpc) is 3.03. The first kappa shape index (κ1) is 17.3. The van der Waals surface area contributed by atoms with Gasteiger partial charge in [-0.2, -0.15) is 0 Å². The lowest BCUT2D eigenvalue weighted by Gasteiger charge is -2.14. The Balaban J connectivity index is 2.17. The second-order valence-electron chi connectivity index (χ2n) is 5.08. The Morgan fingerprint density at radius 1 is 1.32 bits per heavy atom. The van der Waals surface area contributed by atoms with Crippen molar-refractivity contribution < 1.29 is 9.21 Å². The Labute approximate surface area is 144 Å². The van der Waals surface area contributed by atoms with E-state index < -0.39 is 0 Å². The van der Waals surface area contributed by atoms with Gasteiger partial charge in [0.25, 0.3) is 5.91 Å². The number of amidine groups is 1. The molecule has 0 radical (unpaired) electrons. The normalized spacial score (nSPS) is 18.9. The van der Waals surface area contributed by atoms with Crippen LogP contribution >= 0.6 is 27.7 Å². The van der Waals surface area contributed by atoms with E-state index in [1.807, 2.05) is 12.1 Å². The molecule has 4 nitrogen and oxygen atoms in total. The van der Waals surface area contributed by atoms with E-state index in [0.29, 0.717) is 15.3 Å². The number of amides is 1. The standard InChI is InChI=1S/C16H21BrN2O2S/c1-3-5-9-18-16-19(10-6-4-2)15(20)13(22-16)11-12-7-8-14(17)21-12/h7-8,11H,3-6,9-10H2,1-2H3. The number of halogens is 1. The molecule has 0 unspecified atom stereocenters. The van der Waals surface area contributed by atoms with Gasteiger partial charge in [-0.05, 0) is 52.7 Å². The minimum absolute atomic E-state index is 0.0289. The van der Waals surface area contributed by atoms with Gasteiger partial charge in [0, 0.05) is 19.2 Å². The van der Waals surface area contributed by atoms with Crippen LogP contribution in [0.3, 0.4) is 0 Å². The molecule has 22 heavy (non-hydrogen) atoms. The molecule has 1 fully saturated rings. The lowest BCUT2D eigenvalue weighted by atomic mass is 10.3.